The molecule has 2 aromatic carbocycles. The molecule has 0 aromatic heterocycles. The number of methoxy groups -OCH3 is 1. The third kappa shape index (κ3) is 3.29. The van der Waals surface area contributed by atoms with Crippen LogP contribution in [0.25, 0.3) is 0 Å². The summed E-state index contributed by atoms with van der Waals surface area (Å²) in [5, 5.41) is 0. The Morgan fingerprint density at radius 2 is 1.85 bits per heavy atom. The van der Waals surface area contributed by atoms with Gasteiger partial charge in [-0.3, -0.25) is 14.4 Å². The second-order valence-electron chi connectivity index (χ2n) is 6.15. The van der Waals surface area contributed by atoms with Gasteiger partial charge >= 0.3 is 11.9 Å². The minimum atomic E-state index is -1.19. The second-order valence-corrected chi connectivity index (χ2v) is 7.06. The number of rotatable bonds is 4. The zero-order valence-corrected chi connectivity index (χ0v) is 15.9. The normalized spacial score (nSPS) is 19.9. The summed E-state index contributed by atoms with van der Waals surface area (Å²) < 4.78 is 10.9. The highest BCUT2D eigenvalue weighted by molar-refractivity contribution is 9.10. The lowest BCUT2D eigenvalue weighted by molar-refractivity contribution is -0.158. The summed E-state index contributed by atoms with van der Waals surface area (Å²) in [6.07, 6.45) is 0. The maximum absolute atomic E-state index is 13.0. The molecular formula is C20H17BrO5. The first kappa shape index (κ1) is 18.3. The summed E-state index contributed by atoms with van der Waals surface area (Å²) in [6, 6.07) is 14.0. The summed E-state index contributed by atoms with van der Waals surface area (Å²) in [5.41, 5.74) is 1.16. The van der Waals surface area contributed by atoms with Crippen molar-refractivity contribution in [1.29, 1.82) is 0 Å². The Hall–Kier alpha value is -2.47. The largest absolute Gasteiger partial charge is 0.468 e. The Balaban J connectivity index is 2.10. The van der Waals surface area contributed by atoms with Crippen molar-refractivity contribution in [2.45, 2.75) is 12.8 Å². The number of ether oxygens (including phenoxy) is 2. The van der Waals surface area contributed by atoms with Gasteiger partial charge in [0.1, 0.15) is 5.75 Å². The van der Waals surface area contributed by atoms with Crippen LogP contribution in [0.2, 0.25) is 0 Å². The van der Waals surface area contributed by atoms with Crippen molar-refractivity contribution in [2.24, 2.45) is 11.8 Å². The third-order valence-corrected chi connectivity index (χ3v) is 5.11. The van der Waals surface area contributed by atoms with Crippen LogP contribution in [0, 0.1) is 11.8 Å². The minimum absolute atomic E-state index is 0.148. The molecule has 0 radical (unpaired) electrons. The van der Waals surface area contributed by atoms with Crippen molar-refractivity contribution in [2.75, 3.05) is 7.11 Å². The van der Waals surface area contributed by atoms with E-state index in [0.29, 0.717) is 16.9 Å². The maximum atomic E-state index is 13.0. The summed E-state index contributed by atoms with van der Waals surface area (Å²) in [4.78, 5) is 37.8. The lowest BCUT2D eigenvalue weighted by Gasteiger charge is -2.33. The lowest BCUT2D eigenvalue weighted by Crippen LogP contribution is -2.42. The average Bonchev–Trinajstić information content (AvgIpc) is 2.66. The second kappa shape index (κ2) is 7.41. The molecule has 0 saturated carbocycles. The predicted octanol–water partition coefficient (Wildman–Crippen LogP) is 3.76. The first-order valence-electron chi connectivity index (χ1n) is 8.12. The van der Waals surface area contributed by atoms with Crippen LogP contribution >= 0.6 is 15.9 Å². The van der Waals surface area contributed by atoms with E-state index in [9.17, 15) is 14.4 Å². The zero-order valence-electron chi connectivity index (χ0n) is 14.3. The molecule has 0 amide bonds. The molecule has 5 nitrogen and oxygen atoms in total. The molecule has 0 spiro atoms. The SMILES string of the molecule is COC(=O)C1C(=O)Oc2ccc(Br)cc2C1C(C)C(=O)c1ccccc1. The first-order chi connectivity index (χ1) is 12.4. The number of hydrogen-bond acceptors (Lipinski definition) is 5. The van der Waals surface area contributed by atoms with Crippen molar-refractivity contribution in [1.82, 2.24) is 0 Å². The molecule has 3 atom stereocenters. The maximum Gasteiger partial charge on any atom is 0.326 e. The summed E-state index contributed by atoms with van der Waals surface area (Å²) in [7, 11) is 1.22. The Bertz CT molecular complexity index is 862. The van der Waals surface area contributed by atoms with Crippen LogP contribution in [-0.4, -0.2) is 24.8 Å². The van der Waals surface area contributed by atoms with E-state index in [-0.39, 0.29) is 5.78 Å². The van der Waals surface area contributed by atoms with E-state index in [2.05, 4.69) is 15.9 Å². The molecule has 1 aliphatic heterocycles. The van der Waals surface area contributed by atoms with Crippen molar-refractivity contribution >= 4 is 33.7 Å². The molecule has 26 heavy (non-hydrogen) atoms. The molecule has 1 aliphatic rings. The van der Waals surface area contributed by atoms with Crippen LogP contribution in [0.5, 0.6) is 5.75 Å². The van der Waals surface area contributed by atoms with E-state index in [0.717, 1.165) is 4.47 Å². The molecule has 0 fully saturated rings. The molecule has 2 aromatic rings. The number of carbonyl (C=O) groups is 3. The summed E-state index contributed by atoms with van der Waals surface area (Å²) in [6.45, 7) is 1.72. The number of Topliss-reactive ketones (excluding diaryl/α,β-unsaturated/α-hetero) is 1. The van der Waals surface area contributed by atoms with Crippen molar-refractivity contribution in [3.05, 3.63) is 64.1 Å². The molecule has 3 rings (SSSR count). The predicted molar refractivity (Wildman–Crippen MR) is 98.0 cm³/mol. The quantitative estimate of drug-likeness (QED) is 0.328. The fourth-order valence-corrected chi connectivity index (χ4v) is 3.71. The highest BCUT2D eigenvalue weighted by Gasteiger charge is 2.47. The third-order valence-electron chi connectivity index (χ3n) is 4.62. The summed E-state index contributed by atoms with van der Waals surface area (Å²) in [5.74, 6) is -3.69. The van der Waals surface area contributed by atoms with Crippen LogP contribution < -0.4 is 4.74 Å². The number of ketones is 1. The Labute approximate surface area is 159 Å². The lowest BCUT2D eigenvalue weighted by atomic mass is 9.73. The minimum Gasteiger partial charge on any atom is -0.468 e. The summed E-state index contributed by atoms with van der Waals surface area (Å²) >= 11 is 3.40. The van der Waals surface area contributed by atoms with E-state index in [1.807, 2.05) is 6.07 Å². The monoisotopic (exact) mass is 416 g/mol. The van der Waals surface area contributed by atoms with Gasteiger partial charge in [-0.05, 0) is 18.2 Å². The molecular weight excluding hydrogens is 400 g/mol. The van der Waals surface area contributed by atoms with Gasteiger partial charge in [0.15, 0.2) is 11.7 Å². The van der Waals surface area contributed by atoms with Gasteiger partial charge in [0, 0.05) is 27.4 Å². The highest BCUT2D eigenvalue weighted by Crippen LogP contribution is 2.44. The number of halogens is 1. The van der Waals surface area contributed by atoms with Crippen molar-refractivity contribution < 1.29 is 23.9 Å². The Morgan fingerprint density at radius 3 is 2.50 bits per heavy atom. The fourth-order valence-electron chi connectivity index (χ4n) is 3.33. The highest BCUT2D eigenvalue weighted by atomic mass is 79.9. The van der Waals surface area contributed by atoms with Gasteiger partial charge in [0.25, 0.3) is 0 Å². The molecule has 0 aliphatic carbocycles. The van der Waals surface area contributed by atoms with E-state index in [4.69, 9.17) is 9.47 Å². The fraction of sp³-hybridized carbons (Fsp3) is 0.250. The van der Waals surface area contributed by atoms with E-state index in [1.54, 1.807) is 49.4 Å². The van der Waals surface area contributed by atoms with Gasteiger partial charge in [-0.15, -0.1) is 0 Å². The van der Waals surface area contributed by atoms with Crippen LogP contribution in [-0.2, 0) is 14.3 Å². The van der Waals surface area contributed by atoms with Gasteiger partial charge < -0.3 is 9.47 Å². The topological polar surface area (TPSA) is 69.7 Å². The smallest absolute Gasteiger partial charge is 0.326 e. The van der Waals surface area contributed by atoms with Gasteiger partial charge in [0.05, 0.1) is 7.11 Å². The number of benzene rings is 2. The van der Waals surface area contributed by atoms with E-state index < -0.39 is 29.7 Å². The van der Waals surface area contributed by atoms with E-state index in [1.165, 1.54) is 7.11 Å². The standard InChI is InChI=1S/C20H17BrO5/c1-11(18(22)12-6-4-3-5-7-12)16-14-10-13(21)8-9-15(14)26-20(24)17(16)19(23)25-2/h3-11,16-17H,1-2H3. The molecule has 0 bridgehead atoms. The molecule has 134 valence electrons. The van der Waals surface area contributed by atoms with Crippen LogP contribution in [0.1, 0.15) is 28.8 Å². The number of fused-ring (bicyclic) bond motifs is 1. The Morgan fingerprint density at radius 1 is 1.15 bits per heavy atom. The molecule has 3 unspecified atom stereocenters. The van der Waals surface area contributed by atoms with Crippen LogP contribution in [0.3, 0.4) is 0 Å². The first-order valence-corrected chi connectivity index (χ1v) is 8.91. The van der Waals surface area contributed by atoms with Crippen LogP contribution in [0.15, 0.2) is 53.0 Å². The zero-order chi connectivity index (χ0) is 18.8. The molecule has 6 heteroatoms. The number of carbonyl (C=O) groups excluding carboxylic acids is 3. The number of hydrogen-bond donors (Lipinski definition) is 0. The molecule has 0 N–H and O–H groups in total. The van der Waals surface area contributed by atoms with Crippen molar-refractivity contribution in [3.63, 3.8) is 0 Å². The van der Waals surface area contributed by atoms with Crippen molar-refractivity contribution in [3.8, 4) is 5.75 Å². The van der Waals surface area contributed by atoms with Gasteiger partial charge in [-0.2, -0.15) is 0 Å². The Kier molecular flexibility index (Phi) is 5.23. The van der Waals surface area contributed by atoms with Gasteiger partial charge in [-0.1, -0.05) is 53.2 Å². The number of esters is 2. The molecule has 0 saturated heterocycles. The van der Waals surface area contributed by atoms with Gasteiger partial charge in [-0.25, -0.2) is 0 Å². The average molecular weight is 417 g/mol. The van der Waals surface area contributed by atoms with E-state index >= 15 is 0 Å². The molecule has 1 heterocycles. The van der Waals surface area contributed by atoms with Crippen LogP contribution in [0.4, 0.5) is 0 Å². The van der Waals surface area contributed by atoms with Gasteiger partial charge in [0.2, 0.25) is 0 Å².